The van der Waals surface area contributed by atoms with E-state index in [1.807, 2.05) is 25.1 Å². The van der Waals surface area contributed by atoms with Gasteiger partial charge in [0.25, 0.3) is 0 Å². The number of sulfonamides is 1. The van der Waals surface area contributed by atoms with Gasteiger partial charge in [-0.25, -0.2) is 13.1 Å². The lowest BCUT2D eigenvalue weighted by atomic mass is 10.1. The van der Waals surface area contributed by atoms with Crippen LogP contribution in [0.5, 0.6) is 0 Å². The van der Waals surface area contributed by atoms with Crippen LogP contribution in [0.3, 0.4) is 0 Å². The van der Waals surface area contributed by atoms with Crippen molar-refractivity contribution >= 4 is 15.7 Å². The molecule has 0 aliphatic rings. The fourth-order valence-corrected chi connectivity index (χ4v) is 3.39. The number of nitrogens with one attached hydrogen (secondary N) is 1. The average Bonchev–Trinajstić information content (AvgIpc) is 2.53. The number of aliphatic hydroxyl groups excluding tert-OH is 1. The summed E-state index contributed by atoms with van der Waals surface area (Å²) in [7, 11) is -3.63. The van der Waals surface area contributed by atoms with Gasteiger partial charge in [0.15, 0.2) is 0 Å². The fraction of sp³-hybridized carbons (Fsp3) is 0.250. The van der Waals surface area contributed by atoms with Gasteiger partial charge in [-0.05, 0) is 41.8 Å². The van der Waals surface area contributed by atoms with Crippen molar-refractivity contribution in [1.29, 1.82) is 0 Å². The van der Waals surface area contributed by atoms with Gasteiger partial charge in [0.05, 0.1) is 11.5 Å². The van der Waals surface area contributed by atoms with Crippen molar-refractivity contribution in [2.24, 2.45) is 0 Å². The Kier molecular flexibility index (Phi) is 5.18. The van der Waals surface area contributed by atoms with Crippen LogP contribution < -0.4 is 10.5 Å². The van der Waals surface area contributed by atoms with E-state index in [0.717, 1.165) is 11.1 Å². The molecular formula is C16H20N2O3S. The average molecular weight is 320 g/mol. The van der Waals surface area contributed by atoms with Gasteiger partial charge in [0.2, 0.25) is 10.0 Å². The van der Waals surface area contributed by atoms with Crippen molar-refractivity contribution < 1.29 is 13.5 Å². The molecule has 4 N–H and O–H groups in total. The largest absolute Gasteiger partial charge is 0.399 e. The Morgan fingerprint density at radius 1 is 1.14 bits per heavy atom. The third-order valence-electron chi connectivity index (χ3n) is 3.42. The van der Waals surface area contributed by atoms with E-state index < -0.39 is 16.1 Å². The molecular weight excluding hydrogens is 300 g/mol. The second-order valence-electron chi connectivity index (χ2n) is 5.06. The molecule has 0 spiro atoms. The Morgan fingerprint density at radius 2 is 1.82 bits per heavy atom. The monoisotopic (exact) mass is 320 g/mol. The van der Waals surface area contributed by atoms with Crippen molar-refractivity contribution in [3.63, 3.8) is 0 Å². The van der Waals surface area contributed by atoms with Gasteiger partial charge in [-0.1, -0.05) is 31.2 Å². The molecule has 0 aliphatic heterocycles. The second kappa shape index (κ2) is 6.91. The zero-order valence-electron chi connectivity index (χ0n) is 12.4. The van der Waals surface area contributed by atoms with Gasteiger partial charge in [0.1, 0.15) is 0 Å². The van der Waals surface area contributed by atoms with E-state index in [2.05, 4.69) is 4.72 Å². The van der Waals surface area contributed by atoms with Gasteiger partial charge in [-0.3, -0.25) is 0 Å². The highest BCUT2D eigenvalue weighted by molar-refractivity contribution is 7.89. The molecule has 0 aliphatic carbocycles. The van der Waals surface area contributed by atoms with Crippen molar-refractivity contribution in [3.05, 3.63) is 48.5 Å². The minimum atomic E-state index is -3.63. The minimum Gasteiger partial charge on any atom is -0.399 e. The maximum absolute atomic E-state index is 12.2. The molecule has 2 rings (SSSR count). The number of hydrogen-bond acceptors (Lipinski definition) is 4. The lowest BCUT2D eigenvalue weighted by Crippen LogP contribution is -2.36. The van der Waals surface area contributed by atoms with E-state index in [-0.39, 0.29) is 11.5 Å². The van der Waals surface area contributed by atoms with Gasteiger partial charge < -0.3 is 10.8 Å². The summed E-state index contributed by atoms with van der Waals surface area (Å²) in [5.41, 5.74) is 8.23. The quantitative estimate of drug-likeness (QED) is 0.710. The Labute approximate surface area is 130 Å². The van der Waals surface area contributed by atoms with Crippen molar-refractivity contribution in [2.75, 3.05) is 12.3 Å². The van der Waals surface area contributed by atoms with E-state index >= 15 is 0 Å². The van der Waals surface area contributed by atoms with E-state index in [4.69, 9.17) is 10.8 Å². The van der Waals surface area contributed by atoms with E-state index in [0.29, 0.717) is 12.1 Å². The third-order valence-corrected chi connectivity index (χ3v) is 4.96. The van der Waals surface area contributed by atoms with Crippen molar-refractivity contribution in [2.45, 2.75) is 24.3 Å². The lowest BCUT2D eigenvalue weighted by Gasteiger charge is -2.14. The first-order chi connectivity index (χ1) is 10.5. The molecule has 0 amide bonds. The van der Waals surface area contributed by atoms with E-state index in [1.54, 1.807) is 30.3 Å². The molecule has 5 nitrogen and oxygen atoms in total. The minimum absolute atomic E-state index is 0.173. The van der Waals surface area contributed by atoms with Gasteiger partial charge >= 0.3 is 0 Å². The first-order valence-electron chi connectivity index (χ1n) is 7.05. The van der Waals surface area contributed by atoms with Crippen LogP contribution in [0.2, 0.25) is 0 Å². The molecule has 0 heterocycles. The zero-order valence-corrected chi connectivity index (χ0v) is 13.2. The van der Waals surface area contributed by atoms with Crippen LogP contribution in [0.25, 0.3) is 11.1 Å². The highest BCUT2D eigenvalue weighted by atomic mass is 32.2. The molecule has 0 aromatic heterocycles. The Hall–Kier alpha value is -1.89. The first-order valence-corrected chi connectivity index (χ1v) is 8.53. The summed E-state index contributed by atoms with van der Waals surface area (Å²) >= 11 is 0. The molecule has 0 bridgehead atoms. The fourth-order valence-electron chi connectivity index (χ4n) is 2.08. The van der Waals surface area contributed by atoms with Crippen molar-refractivity contribution in [3.8, 4) is 11.1 Å². The lowest BCUT2D eigenvalue weighted by molar-refractivity contribution is 0.254. The molecule has 6 heteroatoms. The number of anilines is 1. The molecule has 0 radical (unpaired) electrons. The zero-order chi connectivity index (χ0) is 16.2. The molecule has 1 atom stereocenters. The molecule has 118 valence electrons. The van der Waals surface area contributed by atoms with Gasteiger partial charge in [0, 0.05) is 11.7 Å². The van der Waals surface area contributed by atoms with Crippen LogP contribution in [0, 0.1) is 0 Å². The molecule has 0 saturated heterocycles. The summed E-state index contributed by atoms with van der Waals surface area (Å²) in [6.45, 7) is 1.59. The first kappa shape index (κ1) is 16.5. The van der Waals surface area contributed by atoms with Gasteiger partial charge in [-0.15, -0.1) is 0 Å². The predicted octanol–water partition coefficient (Wildman–Crippen LogP) is 1.98. The Morgan fingerprint density at radius 3 is 2.36 bits per heavy atom. The summed E-state index contributed by atoms with van der Waals surface area (Å²) in [4.78, 5) is 0.173. The summed E-state index contributed by atoms with van der Waals surface area (Å²) in [6, 6.07) is 13.5. The summed E-state index contributed by atoms with van der Waals surface area (Å²) in [5, 5.41) is 9.12. The summed E-state index contributed by atoms with van der Waals surface area (Å²) < 4.78 is 26.9. The molecule has 0 saturated carbocycles. The number of aliphatic hydroxyl groups is 1. The predicted molar refractivity (Wildman–Crippen MR) is 87.8 cm³/mol. The van der Waals surface area contributed by atoms with E-state index in [1.165, 1.54) is 0 Å². The van der Waals surface area contributed by atoms with Crippen molar-refractivity contribution in [1.82, 2.24) is 4.72 Å². The maximum Gasteiger partial charge on any atom is 0.240 e. The smallest absolute Gasteiger partial charge is 0.240 e. The van der Waals surface area contributed by atoms with Crippen LogP contribution >= 0.6 is 0 Å². The molecule has 2 aromatic carbocycles. The normalized spacial score (nSPS) is 13.0. The third kappa shape index (κ3) is 3.85. The maximum atomic E-state index is 12.2. The highest BCUT2D eigenvalue weighted by Gasteiger charge is 2.18. The number of rotatable bonds is 6. The Balaban J connectivity index is 2.25. The second-order valence-corrected chi connectivity index (χ2v) is 6.77. The highest BCUT2D eigenvalue weighted by Crippen LogP contribution is 2.23. The number of nitrogen functional groups attached to an aromatic ring is 1. The van der Waals surface area contributed by atoms with Crippen LogP contribution in [-0.4, -0.2) is 26.2 Å². The molecule has 1 unspecified atom stereocenters. The van der Waals surface area contributed by atoms with Crippen LogP contribution in [0.4, 0.5) is 5.69 Å². The number of benzene rings is 2. The summed E-state index contributed by atoms with van der Waals surface area (Å²) in [5.74, 6) is 0. The van der Waals surface area contributed by atoms with E-state index in [9.17, 15) is 8.42 Å². The molecule has 2 aromatic rings. The topological polar surface area (TPSA) is 92.4 Å². The number of nitrogens with two attached hydrogens (primary N) is 1. The van der Waals surface area contributed by atoms with Gasteiger partial charge in [-0.2, -0.15) is 0 Å². The van der Waals surface area contributed by atoms with Crippen LogP contribution in [0.1, 0.15) is 13.3 Å². The standard InChI is InChI=1S/C16H20N2O3S/c1-2-15(11-19)18-22(20,21)16-8-6-12(7-9-16)13-4-3-5-14(17)10-13/h3-10,15,18-19H,2,11,17H2,1H3. The molecule has 22 heavy (non-hydrogen) atoms. The Bertz CT molecular complexity index is 723. The summed E-state index contributed by atoms with van der Waals surface area (Å²) in [6.07, 6.45) is 0.525. The van der Waals surface area contributed by atoms with Crippen LogP contribution in [-0.2, 0) is 10.0 Å². The molecule has 0 fully saturated rings. The number of hydrogen-bond donors (Lipinski definition) is 3. The SMILES string of the molecule is CCC(CO)NS(=O)(=O)c1ccc(-c2cccc(N)c2)cc1. The van der Waals surface area contributed by atoms with Crippen LogP contribution in [0.15, 0.2) is 53.4 Å².